The summed E-state index contributed by atoms with van der Waals surface area (Å²) in [7, 11) is 0. The summed E-state index contributed by atoms with van der Waals surface area (Å²) in [6.45, 7) is 5.09. The molecule has 0 aliphatic carbocycles. The van der Waals surface area contributed by atoms with Gasteiger partial charge in [-0.15, -0.1) is 0 Å². The van der Waals surface area contributed by atoms with Crippen molar-refractivity contribution in [1.29, 1.82) is 0 Å². The van der Waals surface area contributed by atoms with Crippen LogP contribution in [0.3, 0.4) is 0 Å². The fraction of sp³-hybridized carbons (Fsp3) is 0.148. The zero-order valence-electron chi connectivity index (χ0n) is 18.8. The number of carbonyl (C=O) groups excluding carboxylic acids is 3. The van der Waals surface area contributed by atoms with Gasteiger partial charge >= 0.3 is 5.97 Å². The highest BCUT2D eigenvalue weighted by atomic mass is 19.1. The van der Waals surface area contributed by atoms with Gasteiger partial charge in [0.15, 0.2) is 0 Å². The molecule has 3 aromatic rings. The molecule has 172 valence electrons. The molecule has 34 heavy (non-hydrogen) atoms. The number of esters is 1. The number of hydrogen-bond donors (Lipinski definition) is 1. The number of ketones is 1. The summed E-state index contributed by atoms with van der Waals surface area (Å²) >= 11 is 0. The van der Waals surface area contributed by atoms with Gasteiger partial charge in [0.25, 0.3) is 11.7 Å². The number of aliphatic hydroxyl groups excluding tert-OH is 1. The SMILES string of the molecule is CC(=O)Oc1cccc(C2/C(=C(\O)c3ccc(F)cc3)C(=O)C(=O)N2c2ccc(C)c(C)c2)c1. The Labute approximate surface area is 195 Å². The van der Waals surface area contributed by atoms with E-state index in [4.69, 9.17) is 4.74 Å². The molecule has 1 heterocycles. The van der Waals surface area contributed by atoms with E-state index in [0.29, 0.717) is 11.3 Å². The van der Waals surface area contributed by atoms with Crippen LogP contribution in [0.1, 0.15) is 35.2 Å². The Balaban J connectivity index is 1.95. The van der Waals surface area contributed by atoms with Crippen LogP contribution in [0.5, 0.6) is 5.75 Å². The van der Waals surface area contributed by atoms with Crippen molar-refractivity contribution in [2.45, 2.75) is 26.8 Å². The summed E-state index contributed by atoms with van der Waals surface area (Å²) < 4.78 is 18.6. The largest absolute Gasteiger partial charge is 0.507 e. The first-order valence-electron chi connectivity index (χ1n) is 10.6. The number of hydrogen-bond acceptors (Lipinski definition) is 5. The van der Waals surface area contributed by atoms with Crippen LogP contribution in [-0.4, -0.2) is 22.8 Å². The van der Waals surface area contributed by atoms with E-state index in [1.165, 1.54) is 24.0 Å². The lowest BCUT2D eigenvalue weighted by Crippen LogP contribution is -2.29. The molecule has 0 saturated carbocycles. The van der Waals surface area contributed by atoms with Gasteiger partial charge in [-0.3, -0.25) is 19.3 Å². The third-order valence-corrected chi connectivity index (χ3v) is 5.77. The Morgan fingerprint density at radius 2 is 1.68 bits per heavy atom. The van der Waals surface area contributed by atoms with Crippen LogP contribution in [0.2, 0.25) is 0 Å². The fourth-order valence-electron chi connectivity index (χ4n) is 3.97. The van der Waals surface area contributed by atoms with Gasteiger partial charge < -0.3 is 9.84 Å². The quantitative estimate of drug-likeness (QED) is 0.195. The van der Waals surface area contributed by atoms with Gasteiger partial charge in [0, 0.05) is 18.2 Å². The van der Waals surface area contributed by atoms with Crippen molar-refractivity contribution < 1.29 is 28.6 Å². The molecular formula is C27H22FNO5. The van der Waals surface area contributed by atoms with E-state index in [1.54, 1.807) is 36.4 Å². The number of aliphatic hydroxyl groups is 1. The minimum absolute atomic E-state index is 0.144. The number of Topliss-reactive ketones (excluding diaryl/α,β-unsaturated/α-hetero) is 1. The maximum atomic E-state index is 13.4. The van der Waals surface area contributed by atoms with Crippen molar-refractivity contribution in [3.63, 3.8) is 0 Å². The number of amides is 1. The van der Waals surface area contributed by atoms with Gasteiger partial charge in [-0.1, -0.05) is 18.2 Å². The third kappa shape index (κ3) is 4.20. The number of rotatable bonds is 4. The summed E-state index contributed by atoms with van der Waals surface area (Å²) in [5, 5.41) is 11.1. The Hall–Kier alpha value is -4.26. The van der Waals surface area contributed by atoms with Crippen LogP contribution in [0.25, 0.3) is 5.76 Å². The van der Waals surface area contributed by atoms with Crippen molar-refractivity contribution in [3.8, 4) is 5.75 Å². The maximum Gasteiger partial charge on any atom is 0.308 e. The van der Waals surface area contributed by atoms with Crippen molar-refractivity contribution in [3.05, 3.63) is 100 Å². The van der Waals surface area contributed by atoms with E-state index < -0.39 is 35.3 Å². The normalized spacial score (nSPS) is 17.2. The standard InChI is InChI=1S/C27H22FNO5/c1-15-7-12-21(13-16(15)2)29-24(19-5-4-6-22(14-19)34-17(3)30)23(26(32)27(29)33)25(31)18-8-10-20(28)11-9-18/h4-14,24,31H,1-3H3/b25-23+. The van der Waals surface area contributed by atoms with Crippen LogP contribution in [0.4, 0.5) is 10.1 Å². The van der Waals surface area contributed by atoms with E-state index in [1.807, 2.05) is 19.9 Å². The van der Waals surface area contributed by atoms with Gasteiger partial charge in [-0.2, -0.15) is 0 Å². The first-order valence-corrected chi connectivity index (χ1v) is 10.6. The highest BCUT2D eigenvalue weighted by Gasteiger charge is 2.47. The molecule has 0 bridgehead atoms. The molecule has 1 unspecified atom stereocenters. The molecule has 1 aliphatic heterocycles. The second kappa shape index (κ2) is 8.94. The lowest BCUT2D eigenvalue weighted by Gasteiger charge is -2.26. The smallest absolute Gasteiger partial charge is 0.308 e. The zero-order chi connectivity index (χ0) is 24.6. The maximum absolute atomic E-state index is 13.4. The minimum atomic E-state index is -0.998. The number of carbonyl (C=O) groups is 3. The molecule has 6 nitrogen and oxygen atoms in total. The summed E-state index contributed by atoms with van der Waals surface area (Å²) in [6.07, 6.45) is 0. The number of aryl methyl sites for hydroxylation is 2. The Morgan fingerprint density at radius 1 is 0.971 bits per heavy atom. The van der Waals surface area contributed by atoms with E-state index in [0.717, 1.165) is 23.3 Å². The fourth-order valence-corrected chi connectivity index (χ4v) is 3.97. The molecule has 7 heteroatoms. The summed E-state index contributed by atoms with van der Waals surface area (Å²) in [6, 6.07) is 15.8. The first-order chi connectivity index (χ1) is 16.2. The second-order valence-corrected chi connectivity index (χ2v) is 8.11. The number of halogens is 1. The van der Waals surface area contributed by atoms with Crippen molar-refractivity contribution in [1.82, 2.24) is 0 Å². The molecule has 1 N–H and O–H groups in total. The third-order valence-electron chi connectivity index (χ3n) is 5.77. The molecule has 3 aromatic carbocycles. The molecule has 1 atom stereocenters. The van der Waals surface area contributed by atoms with Crippen LogP contribution in [-0.2, 0) is 14.4 Å². The Bertz CT molecular complexity index is 1340. The van der Waals surface area contributed by atoms with Crippen molar-refractivity contribution >= 4 is 29.1 Å². The van der Waals surface area contributed by atoms with Crippen LogP contribution in [0, 0.1) is 19.7 Å². The predicted molar refractivity (Wildman–Crippen MR) is 125 cm³/mol. The zero-order valence-corrected chi connectivity index (χ0v) is 18.8. The van der Waals surface area contributed by atoms with Gasteiger partial charge in [0.05, 0.1) is 11.6 Å². The van der Waals surface area contributed by atoms with E-state index in [2.05, 4.69) is 0 Å². The minimum Gasteiger partial charge on any atom is -0.507 e. The number of anilines is 1. The molecule has 0 aromatic heterocycles. The van der Waals surface area contributed by atoms with Gasteiger partial charge in [-0.05, 0) is 79.1 Å². The van der Waals surface area contributed by atoms with Crippen LogP contribution >= 0.6 is 0 Å². The molecule has 1 amide bonds. The molecule has 1 aliphatic rings. The summed E-state index contributed by atoms with van der Waals surface area (Å²) in [5.74, 6) is -2.90. The Kier molecular flexibility index (Phi) is 6.03. The van der Waals surface area contributed by atoms with Crippen LogP contribution < -0.4 is 9.64 Å². The molecular weight excluding hydrogens is 437 g/mol. The monoisotopic (exact) mass is 459 g/mol. The highest BCUT2D eigenvalue weighted by Crippen LogP contribution is 2.43. The van der Waals surface area contributed by atoms with Crippen LogP contribution in [0.15, 0.2) is 72.3 Å². The summed E-state index contributed by atoms with van der Waals surface area (Å²) in [4.78, 5) is 39.2. The predicted octanol–water partition coefficient (Wildman–Crippen LogP) is 4.99. The highest BCUT2D eigenvalue weighted by molar-refractivity contribution is 6.51. The van der Waals surface area contributed by atoms with Gasteiger partial charge in [0.1, 0.15) is 17.3 Å². The van der Waals surface area contributed by atoms with Gasteiger partial charge in [-0.25, -0.2) is 4.39 Å². The first kappa shape index (κ1) is 22.9. The second-order valence-electron chi connectivity index (χ2n) is 8.11. The van der Waals surface area contributed by atoms with Crippen molar-refractivity contribution in [2.75, 3.05) is 4.90 Å². The summed E-state index contributed by atoms with van der Waals surface area (Å²) in [5.41, 5.74) is 2.92. The molecule has 0 spiro atoms. The van der Waals surface area contributed by atoms with E-state index in [9.17, 15) is 23.9 Å². The Morgan fingerprint density at radius 3 is 2.32 bits per heavy atom. The molecule has 1 fully saturated rings. The van der Waals surface area contributed by atoms with E-state index in [-0.39, 0.29) is 16.9 Å². The molecule has 0 radical (unpaired) electrons. The molecule has 4 rings (SSSR count). The lowest BCUT2D eigenvalue weighted by molar-refractivity contribution is -0.132. The number of nitrogens with zero attached hydrogens (tertiary/aromatic N) is 1. The number of benzene rings is 3. The molecule has 1 saturated heterocycles. The average molecular weight is 459 g/mol. The van der Waals surface area contributed by atoms with Gasteiger partial charge in [0.2, 0.25) is 0 Å². The van der Waals surface area contributed by atoms with E-state index >= 15 is 0 Å². The lowest BCUT2D eigenvalue weighted by atomic mass is 9.94. The van der Waals surface area contributed by atoms with Crippen molar-refractivity contribution in [2.24, 2.45) is 0 Å². The topological polar surface area (TPSA) is 83.9 Å². The average Bonchev–Trinajstić information content (AvgIpc) is 3.06. The number of ether oxygens (including phenoxy) is 1.